The number of nitrogens with one attached hydrogen (secondary N) is 1. The van der Waals surface area contributed by atoms with Crippen LogP contribution in [-0.2, 0) is 6.54 Å². The lowest BCUT2D eigenvalue weighted by atomic mass is 10.1. The van der Waals surface area contributed by atoms with Crippen LogP contribution in [0.25, 0.3) is 22.8 Å². The van der Waals surface area contributed by atoms with Crippen molar-refractivity contribution in [2.75, 3.05) is 6.61 Å². The monoisotopic (exact) mass is 413 g/mol. The second-order valence-corrected chi connectivity index (χ2v) is 7.02. The van der Waals surface area contributed by atoms with Crippen LogP contribution in [0.4, 0.5) is 0 Å². The molecule has 6 nitrogen and oxygen atoms in total. The van der Waals surface area contributed by atoms with E-state index >= 15 is 0 Å². The van der Waals surface area contributed by atoms with Gasteiger partial charge in [0.1, 0.15) is 0 Å². The maximum Gasteiger partial charge on any atom is 0.252 e. The minimum Gasteiger partial charge on any atom is -0.478 e. The molecular formula is C25H23N3O3. The van der Waals surface area contributed by atoms with E-state index in [2.05, 4.69) is 15.3 Å². The highest BCUT2D eigenvalue weighted by Crippen LogP contribution is 2.28. The molecule has 0 bridgehead atoms. The molecule has 4 aromatic rings. The first kappa shape index (κ1) is 20.3. The molecule has 0 aliphatic carbocycles. The van der Waals surface area contributed by atoms with Crippen LogP contribution in [0, 0.1) is 6.92 Å². The Morgan fingerprint density at radius 1 is 1.03 bits per heavy atom. The zero-order chi connectivity index (χ0) is 21.6. The fourth-order valence-corrected chi connectivity index (χ4v) is 3.21. The summed E-state index contributed by atoms with van der Waals surface area (Å²) in [6.07, 6.45) is 3.35. The lowest BCUT2D eigenvalue weighted by molar-refractivity contribution is 0.0951. The number of pyridine rings is 1. The van der Waals surface area contributed by atoms with E-state index in [0.29, 0.717) is 41.8 Å². The number of carbonyl (C=O) groups is 1. The standard InChI is InChI=1S/C25H23N3O3/c1-3-30-24-19(7-6-14-26-24)15-27-23(29)20-8-4-5-9-21(20)25-28-16-22(31-25)18-12-10-17(2)11-13-18/h4-14,16H,3,15H2,1-2H3,(H,27,29). The van der Waals surface area contributed by atoms with Crippen LogP contribution in [0.2, 0.25) is 0 Å². The molecule has 0 fully saturated rings. The molecule has 0 atom stereocenters. The smallest absolute Gasteiger partial charge is 0.252 e. The molecule has 0 unspecified atom stereocenters. The molecule has 31 heavy (non-hydrogen) atoms. The van der Waals surface area contributed by atoms with Crippen molar-refractivity contribution in [3.8, 4) is 28.7 Å². The molecule has 2 aromatic heterocycles. The van der Waals surface area contributed by atoms with Gasteiger partial charge in [-0.2, -0.15) is 0 Å². The zero-order valence-corrected chi connectivity index (χ0v) is 17.5. The zero-order valence-electron chi connectivity index (χ0n) is 17.5. The van der Waals surface area contributed by atoms with Gasteiger partial charge >= 0.3 is 0 Å². The highest BCUT2D eigenvalue weighted by Gasteiger charge is 2.17. The molecule has 4 rings (SSSR count). The van der Waals surface area contributed by atoms with E-state index in [0.717, 1.165) is 11.1 Å². The number of aromatic nitrogens is 2. The normalized spacial score (nSPS) is 10.6. The Balaban J connectivity index is 1.55. The molecule has 0 saturated carbocycles. The van der Waals surface area contributed by atoms with Crippen molar-refractivity contribution in [1.82, 2.24) is 15.3 Å². The summed E-state index contributed by atoms with van der Waals surface area (Å²) in [7, 11) is 0. The topological polar surface area (TPSA) is 77.2 Å². The van der Waals surface area contributed by atoms with Crippen molar-refractivity contribution in [1.29, 1.82) is 0 Å². The maximum absolute atomic E-state index is 13.0. The van der Waals surface area contributed by atoms with E-state index in [9.17, 15) is 4.79 Å². The minimum absolute atomic E-state index is 0.225. The summed E-state index contributed by atoms with van der Waals surface area (Å²) in [4.78, 5) is 21.6. The molecule has 1 N–H and O–H groups in total. The summed E-state index contributed by atoms with van der Waals surface area (Å²) in [6.45, 7) is 4.74. The molecule has 0 radical (unpaired) electrons. The van der Waals surface area contributed by atoms with Crippen LogP contribution >= 0.6 is 0 Å². The Hall–Kier alpha value is -3.93. The van der Waals surface area contributed by atoms with Gasteiger partial charge in [-0.15, -0.1) is 0 Å². The van der Waals surface area contributed by atoms with Crippen molar-refractivity contribution in [2.24, 2.45) is 0 Å². The Morgan fingerprint density at radius 3 is 2.65 bits per heavy atom. The third-order valence-electron chi connectivity index (χ3n) is 4.81. The fourth-order valence-electron chi connectivity index (χ4n) is 3.21. The molecule has 0 aliphatic heterocycles. The quantitative estimate of drug-likeness (QED) is 0.459. The largest absolute Gasteiger partial charge is 0.478 e. The van der Waals surface area contributed by atoms with Crippen LogP contribution in [0.15, 0.2) is 77.5 Å². The predicted molar refractivity (Wildman–Crippen MR) is 119 cm³/mol. The van der Waals surface area contributed by atoms with Crippen LogP contribution in [0.1, 0.15) is 28.4 Å². The number of benzene rings is 2. The van der Waals surface area contributed by atoms with Gasteiger partial charge in [-0.1, -0.05) is 48.0 Å². The van der Waals surface area contributed by atoms with Gasteiger partial charge in [-0.3, -0.25) is 4.79 Å². The summed E-state index contributed by atoms with van der Waals surface area (Å²) in [5.74, 6) is 1.35. The molecule has 0 aliphatic rings. The molecule has 156 valence electrons. The maximum atomic E-state index is 13.0. The highest BCUT2D eigenvalue weighted by atomic mass is 16.5. The van der Waals surface area contributed by atoms with Crippen LogP contribution in [0.5, 0.6) is 5.88 Å². The summed E-state index contributed by atoms with van der Waals surface area (Å²) in [5.41, 5.74) is 4.04. The first-order chi connectivity index (χ1) is 15.2. The lowest BCUT2D eigenvalue weighted by Gasteiger charge is -2.11. The average molecular weight is 413 g/mol. The molecule has 1 amide bonds. The summed E-state index contributed by atoms with van der Waals surface area (Å²) < 4.78 is 11.5. The highest BCUT2D eigenvalue weighted by molar-refractivity contribution is 6.00. The number of amides is 1. The third kappa shape index (κ3) is 4.64. The van der Waals surface area contributed by atoms with Crippen molar-refractivity contribution < 1.29 is 13.9 Å². The van der Waals surface area contributed by atoms with E-state index < -0.39 is 0 Å². The van der Waals surface area contributed by atoms with Gasteiger partial charge in [0.25, 0.3) is 5.91 Å². The van der Waals surface area contributed by atoms with E-state index in [1.165, 1.54) is 5.56 Å². The number of nitrogens with zero attached hydrogens (tertiary/aromatic N) is 2. The van der Waals surface area contributed by atoms with Gasteiger partial charge in [0.15, 0.2) is 5.76 Å². The van der Waals surface area contributed by atoms with E-state index in [1.807, 2.05) is 68.4 Å². The van der Waals surface area contributed by atoms with E-state index in [1.54, 1.807) is 18.5 Å². The first-order valence-corrected chi connectivity index (χ1v) is 10.1. The number of carbonyl (C=O) groups excluding carboxylic acids is 1. The molecule has 2 heterocycles. The van der Waals surface area contributed by atoms with Gasteiger partial charge in [-0.25, -0.2) is 9.97 Å². The molecule has 0 saturated heterocycles. The Labute approximate surface area is 180 Å². The number of aryl methyl sites for hydroxylation is 1. The predicted octanol–water partition coefficient (Wildman–Crippen LogP) is 5.04. The van der Waals surface area contributed by atoms with Crippen LogP contribution in [0.3, 0.4) is 0 Å². The molecular weight excluding hydrogens is 390 g/mol. The van der Waals surface area contributed by atoms with Crippen molar-refractivity contribution in [3.05, 3.63) is 89.7 Å². The number of oxazole rings is 1. The average Bonchev–Trinajstić information content (AvgIpc) is 3.29. The van der Waals surface area contributed by atoms with Crippen molar-refractivity contribution >= 4 is 5.91 Å². The number of hydrogen-bond donors (Lipinski definition) is 1. The van der Waals surface area contributed by atoms with Gasteiger partial charge in [0.05, 0.1) is 18.4 Å². The van der Waals surface area contributed by atoms with Crippen molar-refractivity contribution in [2.45, 2.75) is 20.4 Å². The van der Waals surface area contributed by atoms with Crippen molar-refractivity contribution in [3.63, 3.8) is 0 Å². The number of ether oxygens (including phenoxy) is 1. The SMILES string of the molecule is CCOc1ncccc1CNC(=O)c1ccccc1-c1ncc(-c2ccc(C)cc2)o1. The lowest BCUT2D eigenvalue weighted by Crippen LogP contribution is -2.24. The van der Waals surface area contributed by atoms with E-state index in [4.69, 9.17) is 9.15 Å². The van der Waals surface area contributed by atoms with Crippen LogP contribution in [-0.4, -0.2) is 22.5 Å². The number of rotatable bonds is 7. The van der Waals surface area contributed by atoms with Gasteiger partial charge in [-0.05, 0) is 32.0 Å². The van der Waals surface area contributed by atoms with E-state index in [-0.39, 0.29) is 5.91 Å². The Bertz CT molecular complexity index is 1180. The molecule has 2 aromatic carbocycles. The summed E-state index contributed by atoms with van der Waals surface area (Å²) in [5, 5.41) is 2.94. The van der Waals surface area contributed by atoms with Crippen LogP contribution < -0.4 is 10.1 Å². The fraction of sp³-hybridized carbons (Fsp3) is 0.160. The van der Waals surface area contributed by atoms with Gasteiger partial charge < -0.3 is 14.5 Å². The number of hydrogen-bond acceptors (Lipinski definition) is 5. The summed E-state index contributed by atoms with van der Waals surface area (Å²) in [6, 6.07) is 19.0. The summed E-state index contributed by atoms with van der Waals surface area (Å²) >= 11 is 0. The van der Waals surface area contributed by atoms with Gasteiger partial charge in [0, 0.05) is 29.4 Å². The third-order valence-corrected chi connectivity index (χ3v) is 4.81. The first-order valence-electron chi connectivity index (χ1n) is 10.1. The molecule has 0 spiro atoms. The Morgan fingerprint density at radius 2 is 1.84 bits per heavy atom. The second-order valence-electron chi connectivity index (χ2n) is 7.02. The van der Waals surface area contributed by atoms with Gasteiger partial charge in [0.2, 0.25) is 11.8 Å². The Kier molecular flexibility index (Phi) is 6.08. The molecule has 6 heteroatoms. The second kappa shape index (κ2) is 9.26. The minimum atomic E-state index is -0.225.